The van der Waals surface area contributed by atoms with Crippen molar-refractivity contribution < 1.29 is 9.53 Å². The smallest absolute Gasteiger partial charge is 0.257 e. The first-order chi connectivity index (χ1) is 9.83. The molecule has 3 rings (SSSR count). The molecule has 0 bridgehead atoms. The lowest BCUT2D eigenvalue weighted by Gasteiger charge is -2.26. The minimum absolute atomic E-state index is 0.0348. The van der Waals surface area contributed by atoms with Crippen LogP contribution in [0.25, 0.3) is 0 Å². The highest BCUT2D eigenvalue weighted by Gasteiger charge is 2.19. The van der Waals surface area contributed by atoms with Crippen LogP contribution in [0.15, 0.2) is 42.7 Å². The third kappa shape index (κ3) is 2.88. The van der Waals surface area contributed by atoms with Gasteiger partial charge in [-0.25, -0.2) is 0 Å². The first kappa shape index (κ1) is 12.9. The molecular weight excluding hydrogens is 254 g/mol. The van der Waals surface area contributed by atoms with Crippen LogP contribution < -0.4 is 0 Å². The van der Waals surface area contributed by atoms with E-state index in [1.165, 1.54) is 5.56 Å². The van der Waals surface area contributed by atoms with Gasteiger partial charge in [-0.15, -0.1) is 0 Å². The SMILES string of the molecule is O=C(c1cnn(Cc2ccccc2)c1)N1CCOCC1. The van der Waals surface area contributed by atoms with Gasteiger partial charge in [0, 0.05) is 19.3 Å². The number of ether oxygens (including phenoxy) is 1. The Morgan fingerprint density at radius 2 is 1.95 bits per heavy atom. The van der Waals surface area contributed by atoms with Crippen molar-refractivity contribution in [2.45, 2.75) is 6.54 Å². The van der Waals surface area contributed by atoms with Crippen LogP contribution in [0.3, 0.4) is 0 Å². The average Bonchev–Trinajstić information content (AvgIpc) is 2.97. The molecule has 1 aliphatic rings. The molecule has 0 aliphatic carbocycles. The van der Waals surface area contributed by atoms with Crippen molar-refractivity contribution in [2.75, 3.05) is 26.3 Å². The maximum Gasteiger partial charge on any atom is 0.257 e. The fourth-order valence-electron chi connectivity index (χ4n) is 2.28. The molecule has 0 radical (unpaired) electrons. The number of hydrogen-bond acceptors (Lipinski definition) is 3. The number of amides is 1. The van der Waals surface area contributed by atoms with E-state index in [9.17, 15) is 4.79 Å². The number of benzene rings is 1. The Labute approximate surface area is 117 Å². The molecule has 20 heavy (non-hydrogen) atoms. The summed E-state index contributed by atoms with van der Waals surface area (Å²) in [5.74, 6) is 0.0348. The summed E-state index contributed by atoms with van der Waals surface area (Å²) in [6.45, 7) is 3.22. The van der Waals surface area contributed by atoms with Crippen molar-refractivity contribution in [3.63, 3.8) is 0 Å². The number of carbonyl (C=O) groups excluding carboxylic acids is 1. The summed E-state index contributed by atoms with van der Waals surface area (Å²) in [6.07, 6.45) is 3.45. The summed E-state index contributed by atoms with van der Waals surface area (Å²) in [5.41, 5.74) is 1.81. The van der Waals surface area contributed by atoms with Crippen LogP contribution in [0.4, 0.5) is 0 Å². The molecule has 1 aromatic heterocycles. The lowest BCUT2D eigenvalue weighted by molar-refractivity contribution is 0.0303. The molecule has 1 fully saturated rings. The van der Waals surface area contributed by atoms with Gasteiger partial charge in [0.15, 0.2) is 0 Å². The largest absolute Gasteiger partial charge is 0.378 e. The molecule has 2 aromatic rings. The highest BCUT2D eigenvalue weighted by molar-refractivity contribution is 5.93. The Morgan fingerprint density at radius 3 is 2.70 bits per heavy atom. The van der Waals surface area contributed by atoms with E-state index in [-0.39, 0.29) is 5.91 Å². The minimum atomic E-state index is 0.0348. The molecule has 0 atom stereocenters. The Bertz CT molecular complexity index is 574. The number of rotatable bonds is 3. The highest BCUT2D eigenvalue weighted by Crippen LogP contribution is 2.08. The van der Waals surface area contributed by atoms with Gasteiger partial charge >= 0.3 is 0 Å². The molecular formula is C15H17N3O2. The summed E-state index contributed by atoms with van der Waals surface area (Å²) in [7, 11) is 0. The summed E-state index contributed by atoms with van der Waals surface area (Å²) < 4.78 is 7.05. The Morgan fingerprint density at radius 1 is 1.20 bits per heavy atom. The molecule has 0 saturated carbocycles. The van der Waals surface area contributed by atoms with Gasteiger partial charge in [-0.05, 0) is 5.56 Å². The number of morpholine rings is 1. The lowest BCUT2D eigenvalue weighted by Crippen LogP contribution is -2.40. The van der Waals surface area contributed by atoms with Crippen molar-refractivity contribution in [1.29, 1.82) is 0 Å². The first-order valence-electron chi connectivity index (χ1n) is 6.76. The number of aromatic nitrogens is 2. The van der Waals surface area contributed by atoms with E-state index in [1.807, 2.05) is 41.4 Å². The normalized spacial score (nSPS) is 15.3. The van der Waals surface area contributed by atoms with Gasteiger partial charge in [0.05, 0.1) is 31.5 Å². The van der Waals surface area contributed by atoms with E-state index in [1.54, 1.807) is 10.9 Å². The van der Waals surface area contributed by atoms with Crippen LogP contribution in [-0.2, 0) is 11.3 Å². The molecule has 2 heterocycles. The van der Waals surface area contributed by atoms with Crippen molar-refractivity contribution >= 4 is 5.91 Å². The second kappa shape index (κ2) is 5.88. The van der Waals surface area contributed by atoms with Gasteiger partial charge in [0.25, 0.3) is 5.91 Å². The van der Waals surface area contributed by atoms with E-state index in [0.29, 0.717) is 38.4 Å². The zero-order chi connectivity index (χ0) is 13.8. The van der Waals surface area contributed by atoms with E-state index < -0.39 is 0 Å². The van der Waals surface area contributed by atoms with Crippen molar-refractivity contribution in [3.8, 4) is 0 Å². The quantitative estimate of drug-likeness (QED) is 0.848. The van der Waals surface area contributed by atoms with Crippen molar-refractivity contribution in [1.82, 2.24) is 14.7 Å². The molecule has 1 aliphatic heterocycles. The predicted molar refractivity (Wildman–Crippen MR) is 74.5 cm³/mol. The maximum atomic E-state index is 12.3. The summed E-state index contributed by atoms with van der Waals surface area (Å²) in [4.78, 5) is 14.1. The molecule has 1 saturated heterocycles. The fraction of sp³-hybridized carbons (Fsp3) is 0.333. The topological polar surface area (TPSA) is 47.4 Å². The Hall–Kier alpha value is -2.14. The highest BCUT2D eigenvalue weighted by atomic mass is 16.5. The second-order valence-corrected chi connectivity index (χ2v) is 4.82. The zero-order valence-electron chi connectivity index (χ0n) is 11.2. The minimum Gasteiger partial charge on any atom is -0.378 e. The fourth-order valence-corrected chi connectivity index (χ4v) is 2.28. The standard InChI is InChI=1S/C15H17N3O2/c19-15(17-6-8-20-9-7-17)14-10-16-18(12-14)11-13-4-2-1-3-5-13/h1-5,10,12H,6-9,11H2. The van der Waals surface area contributed by atoms with Crippen LogP contribution in [0.2, 0.25) is 0 Å². The van der Waals surface area contributed by atoms with Crippen LogP contribution in [-0.4, -0.2) is 46.9 Å². The molecule has 5 nitrogen and oxygen atoms in total. The van der Waals surface area contributed by atoms with Crippen molar-refractivity contribution in [2.24, 2.45) is 0 Å². The van der Waals surface area contributed by atoms with Gasteiger partial charge in [-0.3, -0.25) is 9.48 Å². The monoisotopic (exact) mass is 271 g/mol. The van der Waals surface area contributed by atoms with E-state index >= 15 is 0 Å². The molecule has 0 spiro atoms. The number of nitrogens with zero attached hydrogens (tertiary/aromatic N) is 3. The predicted octanol–water partition coefficient (Wildman–Crippen LogP) is 1.40. The summed E-state index contributed by atoms with van der Waals surface area (Å²) in [6, 6.07) is 10.1. The van der Waals surface area contributed by atoms with E-state index in [4.69, 9.17) is 4.74 Å². The summed E-state index contributed by atoms with van der Waals surface area (Å²) >= 11 is 0. The second-order valence-electron chi connectivity index (χ2n) is 4.82. The van der Waals surface area contributed by atoms with Gasteiger partial charge in [0.2, 0.25) is 0 Å². The van der Waals surface area contributed by atoms with Crippen LogP contribution >= 0.6 is 0 Å². The third-order valence-corrected chi connectivity index (χ3v) is 3.37. The molecule has 5 heteroatoms. The number of carbonyl (C=O) groups is 1. The van der Waals surface area contributed by atoms with E-state index in [2.05, 4.69) is 5.10 Å². The van der Waals surface area contributed by atoms with Gasteiger partial charge in [-0.1, -0.05) is 30.3 Å². The molecule has 104 valence electrons. The van der Waals surface area contributed by atoms with Gasteiger partial charge < -0.3 is 9.64 Å². The molecule has 1 amide bonds. The number of hydrogen-bond donors (Lipinski definition) is 0. The first-order valence-corrected chi connectivity index (χ1v) is 6.76. The van der Waals surface area contributed by atoms with Gasteiger partial charge in [-0.2, -0.15) is 5.10 Å². The zero-order valence-corrected chi connectivity index (χ0v) is 11.2. The Kier molecular flexibility index (Phi) is 3.78. The molecule has 1 aromatic carbocycles. The van der Waals surface area contributed by atoms with Crippen molar-refractivity contribution in [3.05, 3.63) is 53.9 Å². The van der Waals surface area contributed by atoms with Gasteiger partial charge in [0.1, 0.15) is 0 Å². The molecule has 0 unspecified atom stereocenters. The third-order valence-electron chi connectivity index (χ3n) is 3.37. The maximum absolute atomic E-state index is 12.3. The van der Waals surface area contributed by atoms with Crippen LogP contribution in [0.5, 0.6) is 0 Å². The average molecular weight is 271 g/mol. The Balaban J connectivity index is 1.68. The van der Waals surface area contributed by atoms with E-state index in [0.717, 1.165) is 0 Å². The van der Waals surface area contributed by atoms with Crippen LogP contribution in [0, 0.1) is 0 Å². The summed E-state index contributed by atoms with van der Waals surface area (Å²) in [5, 5.41) is 4.27. The molecule has 0 N–H and O–H groups in total. The lowest BCUT2D eigenvalue weighted by atomic mass is 10.2. The van der Waals surface area contributed by atoms with Crippen LogP contribution in [0.1, 0.15) is 15.9 Å².